The number of rotatable bonds is 2. The van der Waals surface area contributed by atoms with Gasteiger partial charge in [0.2, 0.25) is 0 Å². The molecule has 0 bridgehead atoms. The van der Waals surface area contributed by atoms with E-state index in [1.54, 1.807) is 0 Å². The van der Waals surface area contributed by atoms with Crippen LogP contribution < -0.4 is 0 Å². The summed E-state index contributed by atoms with van der Waals surface area (Å²) in [5, 5.41) is 33.5. The van der Waals surface area contributed by atoms with Crippen LogP contribution in [0.25, 0.3) is 0 Å². The molecule has 196 valence electrons. The molecule has 4 heteroatoms. The highest BCUT2D eigenvalue weighted by Crippen LogP contribution is 2.76. The molecule has 5 aliphatic rings. The van der Waals surface area contributed by atoms with E-state index in [1.807, 2.05) is 13.8 Å². The van der Waals surface area contributed by atoms with Gasteiger partial charge >= 0.3 is 0 Å². The van der Waals surface area contributed by atoms with E-state index in [4.69, 9.17) is 4.74 Å². The van der Waals surface area contributed by atoms with E-state index >= 15 is 0 Å². The maximum absolute atomic E-state index is 12.0. The second-order valence-electron chi connectivity index (χ2n) is 15.5. The fraction of sp³-hybridized carbons (Fsp3) is 1.00. The summed E-state index contributed by atoms with van der Waals surface area (Å²) in [5.74, 6) is 1.63. The molecule has 11 atom stereocenters. The maximum atomic E-state index is 12.0. The summed E-state index contributed by atoms with van der Waals surface area (Å²) >= 11 is 0. The third-order valence-corrected chi connectivity index (χ3v) is 13.2. The van der Waals surface area contributed by atoms with E-state index in [2.05, 4.69) is 41.5 Å². The molecule has 0 spiro atoms. The van der Waals surface area contributed by atoms with Crippen LogP contribution in [0.5, 0.6) is 0 Å². The lowest BCUT2D eigenvalue weighted by Crippen LogP contribution is -2.67. The van der Waals surface area contributed by atoms with E-state index in [1.165, 1.54) is 6.42 Å². The highest BCUT2D eigenvalue weighted by Gasteiger charge is 2.72. The van der Waals surface area contributed by atoms with Crippen molar-refractivity contribution in [2.75, 3.05) is 0 Å². The van der Waals surface area contributed by atoms with Gasteiger partial charge in [0.15, 0.2) is 0 Å². The Hall–Kier alpha value is -0.160. The van der Waals surface area contributed by atoms with Gasteiger partial charge in [-0.3, -0.25) is 0 Å². The van der Waals surface area contributed by atoms with Crippen molar-refractivity contribution >= 4 is 0 Å². The zero-order valence-electron chi connectivity index (χ0n) is 23.2. The van der Waals surface area contributed by atoms with E-state index in [-0.39, 0.29) is 51.5 Å². The topological polar surface area (TPSA) is 69.9 Å². The minimum absolute atomic E-state index is 0.0704. The van der Waals surface area contributed by atoms with Crippen molar-refractivity contribution in [2.45, 2.75) is 143 Å². The van der Waals surface area contributed by atoms with Crippen LogP contribution in [0.15, 0.2) is 0 Å². The van der Waals surface area contributed by atoms with E-state index in [0.29, 0.717) is 17.8 Å². The molecule has 1 aliphatic heterocycles. The zero-order valence-corrected chi connectivity index (χ0v) is 23.2. The average molecular weight is 477 g/mol. The molecular weight excluding hydrogens is 424 g/mol. The highest BCUT2D eigenvalue weighted by molar-refractivity contribution is 5.20. The summed E-state index contributed by atoms with van der Waals surface area (Å²) < 4.78 is 6.68. The predicted octanol–water partition coefficient (Wildman–Crippen LogP) is 5.71. The molecule has 5 rings (SSSR count). The Kier molecular flexibility index (Phi) is 5.59. The fourth-order valence-electron chi connectivity index (χ4n) is 11.2. The second-order valence-corrected chi connectivity index (χ2v) is 15.5. The van der Waals surface area contributed by atoms with Gasteiger partial charge in [0.1, 0.15) is 0 Å². The summed E-state index contributed by atoms with van der Waals surface area (Å²) in [6, 6.07) is 0. The summed E-state index contributed by atoms with van der Waals surface area (Å²) in [4.78, 5) is 0. The van der Waals surface area contributed by atoms with Crippen molar-refractivity contribution in [1.29, 1.82) is 0 Å². The molecule has 0 amide bonds. The van der Waals surface area contributed by atoms with Gasteiger partial charge in [-0.15, -0.1) is 0 Å². The van der Waals surface area contributed by atoms with Crippen LogP contribution in [-0.4, -0.2) is 44.8 Å². The number of hydrogen-bond acceptors (Lipinski definition) is 4. The Balaban J connectivity index is 1.48. The van der Waals surface area contributed by atoms with Gasteiger partial charge in [-0.05, 0) is 124 Å². The third-order valence-electron chi connectivity index (χ3n) is 13.2. The van der Waals surface area contributed by atoms with Crippen molar-refractivity contribution in [1.82, 2.24) is 0 Å². The summed E-state index contributed by atoms with van der Waals surface area (Å²) in [6.45, 7) is 18.1. The van der Waals surface area contributed by atoms with Gasteiger partial charge in [0, 0.05) is 0 Å². The molecule has 5 fully saturated rings. The van der Waals surface area contributed by atoms with Crippen LogP contribution in [-0.2, 0) is 4.74 Å². The van der Waals surface area contributed by atoms with Gasteiger partial charge < -0.3 is 20.1 Å². The number of fused-ring (bicyclic) bond motifs is 5. The fourth-order valence-corrected chi connectivity index (χ4v) is 11.2. The Bertz CT molecular complexity index is 817. The predicted molar refractivity (Wildman–Crippen MR) is 135 cm³/mol. The first-order chi connectivity index (χ1) is 15.5. The molecule has 0 aromatic carbocycles. The van der Waals surface area contributed by atoms with Crippen LogP contribution in [0.3, 0.4) is 0 Å². The number of aliphatic hydroxyl groups is 3. The Morgan fingerprint density at radius 1 is 0.765 bits per heavy atom. The van der Waals surface area contributed by atoms with Crippen LogP contribution in [0, 0.1) is 45.3 Å². The van der Waals surface area contributed by atoms with E-state index < -0.39 is 5.60 Å². The van der Waals surface area contributed by atoms with Crippen LogP contribution >= 0.6 is 0 Å². The molecular formula is C30H52O4. The lowest BCUT2D eigenvalue weighted by Gasteiger charge is -2.70. The first kappa shape index (κ1) is 25.5. The monoisotopic (exact) mass is 476 g/mol. The van der Waals surface area contributed by atoms with Crippen molar-refractivity contribution in [3.63, 3.8) is 0 Å². The zero-order chi connectivity index (χ0) is 25.1. The van der Waals surface area contributed by atoms with Gasteiger partial charge in [-0.2, -0.15) is 0 Å². The lowest BCUT2D eigenvalue weighted by atomic mass is 9.35. The van der Waals surface area contributed by atoms with Gasteiger partial charge in [-0.25, -0.2) is 0 Å². The molecule has 0 aromatic heterocycles. The Morgan fingerprint density at radius 2 is 1.41 bits per heavy atom. The number of aliphatic hydroxyl groups excluding tert-OH is 2. The highest BCUT2D eigenvalue weighted by atomic mass is 16.5. The largest absolute Gasteiger partial charge is 0.393 e. The third kappa shape index (κ3) is 3.16. The van der Waals surface area contributed by atoms with Crippen molar-refractivity contribution in [3.05, 3.63) is 0 Å². The molecule has 3 N–H and O–H groups in total. The Morgan fingerprint density at radius 3 is 2.03 bits per heavy atom. The minimum Gasteiger partial charge on any atom is -0.393 e. The molecule has 4 aliphatic carbocycles. The first-order valence-corrected chi connectivity index (χ1v) is 14.3. The average Bonchev–Trinajstić information content (AvgIpc) is 3.27. The quantitative estimate of drug-likeness (QED) is 0.477. The van der Waals surface area contributed by atoms with Crippen LogP contribution in [0.4, 0.5) is 0 Å². The minimum atomic E-state index is -0.811. The van der Waals surface area contributed by atoms with Gasteiger partial charge in [0.05, 0.1) is 29.5 Å². The lowest BCUT2D eigenvalue weighted by molar-refractivity contribution is -0.257. The van der Waals surface area contributed by atoms with E-state index in [9.17, 15) is 15.3 Å². The first-order valence-electron chi connectivity index (χ1n) is 14.3. The standard InChI is InChI=1S/C30H52O4/c1-25(2)21-10-15-29(7)24(27(21,5)13-11-22(25)32)20(31)17-19-18(9-14-28(19,29)6)30(8)16-12-23(34-30)26(3,4)33/h18-24,31-33H,9-17H2,1-8H3/t18-,19+,20+,21?,22-,23-,24?,27-,28+,29+,30+/m0/s1. The van der Waals surface area contributed by atoms with E-state index in [0.717, 1.165) is 51.4 Å². The second kappa shape index (κ2) is 7.45. The number of hydrogen-bond donors (Lipinski definition) is 3. The normalized spacial score (nSPS) is 57.1. The summed E-state index contributed by atoms with van der Waals surface area (Å²) in [5.41, 5.74) is -0.766. The molecule has 2 unspecified atom stereocenters. The summed E-state index contributed by atoms with van der Waals surface area (Å²) in [6.07, 6.45) is 8.71. The number of ether oxygens (including phenoxy) is 1. The molecule has 1 saturated heterocycles. The van der Waals surface area contributed by atoms with Gasteiger partial charge in [-0.1, -0.05) is 34.6 Å². The molecule has 34 heavy (non-hydrogen) atoms. The molecule has 0 radical (unpaired) electrons. The van der Waals surface area contributed by atoms with Gasteiger partial charge in [0.25, 0.3) is 0 Å². The van der Waals surface area contributed by atoms with Crippen LogP contribution in [0.2, 0.25) is 0 Å². The smallest absolute Gasteiger partial charge is 0.0865 e. The van der Waals surface area contributed by atoms with Crippen molar-refractivity contribution in [2.24, 2.45) is 45.3 Å². The molecule has 1 heterocycles. The van der Waals surface area contributed by atoms with Crippen molar-refractivity contribution < 1.29 is 20.1 Å². The Labute approximate surface area is 208 Å². The summed E-state index contributed by atoms with van der Waals surface area (Å²) in [7, 11) is 0. The van der Waals surface area contributed by atoms with Crippen LogP contribution in [0.1, 0.15) is 113 Å². The SMILES string of the molecule is CC(C)(O)[C@@H]1CC[C@](C)([C@H]2CC[C@]3(C)[C@@H]2C[C@@H](O)C2[C@@]4(C)CC[C@H](O)C(C)(C)C4CC[C@]23C)O1. The molecule has 4 nitrogen and oxygen atoms in total. The molecule has 0 aromatic rings. The maximum Gasteiger partial charge on any atom is 0.0865 e. The molecule has 4 saturated carbocycles. The van der Waals surface area contributed by atoms with Crippen molar-refractivity contribution in [3.8, 4) is 0 Å².